The second-order valence-corrected chi connectivity index (χ2v) is 9.49. The van der Waals surface area contributed by atoms with Gasteiger partial charge in [0.2, 0.25) is 5.91 Å². The van der Waals surface area contributed by atoms with Crippen molar-refractivity contribution in [3.63, 3.8) is 0 Å². The van der Waals surface area contributed by atoms with Gasteiger partial charge in [-0.05, 0) is 41.7 Å². The summed E-state index contributed by atoms with van der Waals surface area (Å²) in [6.07, 6.45) is 7.59. The zero-order chi connectivity index (χ0) is 24.8. The molecule has 0 bridgehead atoms. The zero-order valence-electron chi connectivity index (χ0n) is 20.3. The highest BCUT2D eigenvalue weighted by molar-refractivity contribution is 6.42. The minimum atomic E-state index is 0. The van der Waals surface area contributed by atoms with Gasteiger partial charge in [0.25, 0.3) is 5.82 Å². The number of nitrogens with one attached hydrogen (secondary N) is 1. The Bertz CT molecular complexity index is 1380. The van der Waals surface area contributed by atoms with Gasteiger partial charge in [-0.3, -0.25) is 4.79 Å². The van der Waals surface area contributed by atoms with Crippen LogP contribution in [0.15, 0.2) is 54.6 Å². The SMILES string of the molecule is C[n+]1c(C=Cc2cccc3ccccc23)n(CCCCCC(=O)NCCN)c2cc(Cl)c(Cl)cc21.[Br-]. The second kappa shape index (κ2) is 13.2. The molecule has 0 fully saturated rings. The maximum absolute atomic E-state index is 11.8. The average molecular weight is 590 g/mol. The molecule has 1 amide bonds. The largest absolute Gasteiger partial charge is 1.00 e. The Balaban J connectivity index is 0.00000361. The summed E-state index contributed by atoms with van der Waals surface area (Å²) in [6, 6.07) is 18.6. The molecule has 0 atom stereocenters. The molecule has 0 spiro atoms. The number of aromatic nitrogens is 2. The first kappa shape index (κ1) is 28.2. The lowest BCUT2D eigenvalue weighted by Gasteiger charge is -2.04. The fourth-order valence-electron chi connectivity index (χ4n) is 4.47. The lowest BCUT2D eigenvalue weighted by atomic mass is 10.0. The van der Waals surface area contributed by atoms with Crippen molar-refractivity contribution in [3.05, 3.63) is 76.0 Å². The molecule has 3 N–H and O–H groups in total. The minimum absolute atomic E-state index is 0. The molecular weight excluding hydrogens is 559 g/mol. The summed E-state index contributed by atoms with van der Waals surface area (Å²) in [5, 5.41) is 6.34. The van der Waals surface area contributed by atoms with E-state index in [1.807, 2.05) is 19.2 Å². The molecule has 1 aromatic heterocycles. The van der Waals surface area contributed by atoms with E-state index in [0.717, 1.165) is 42.7 Å². The number of imidazole rings is 1. The van der Waals surface area contributed by atoms with Gasteiger partial charge < -0.3 is 28.0 Å². The van der Waals surface area contributed by atoms with Gasteiger partial charge in [-0.2, -0.15) is 0 Å². The number of halogens is 3. The monoisotopic (exact) mass is 588 g/mol. The van der Waals surface area contributed by atoms with E-state index in [1.165, 1.54) is 16.3 Å². The normalized spacial score (nSPS) is 11.3. The summed E-state index contributed by atoms with van der Waals surface area (Å²) in [5.74, 6) is 1.13. The molecule has 0 saturated heterocycles. The van der Waals surface area contributed by atoms with Crippen LogP contribution in [0, 0.1) is 0 Å². The molecule has 0 aliphatic rings. The third-order valence-corrected chi connectivity index (χ3v) is 7.00. The number of carbonyl (C=O) groups is 1. The number of fused-ring (bicyclic) bond motifs is 2. The fraction of sp³-hybridized carbons (Fsp3) is 0.286. The second-order valence-electron chi connectivity index (χ2n) is 8.67. The van der Waals surface area contributed by atoms with Crippen molar-refractivity contribution >= 4 is 63.1 Å². The van der Waals surface area contributed by atoms with Gasteiger partial charge >= 0.3 is 0 Å². The van der Waals surface area contributed by atoms with Crippen LogP contribution in [-0.4, -0.2) is 23.6 Å². The molecule has 0 aliphatic carbocycles. The van der Waals surface area contributed by atoms with Gasteiger partial charge in [0.15, 0.2) is 11.0 Å². The number of nitrogens with two attached hydrogens (primary N) is 1. The smallest absolute Gasteiger partial charge is 0.282 e. The molecule has 190 valence electrons. The first-order chi connectivity index (χ1) is 17.0. The molecule has 3 aromatic carbocycles. The highest BCUT2D eigenvalue weighted by Gasteiger charge is 2.22. The standard InChI is InChI=1S/C28H30Cl2N4O.BrH/c1-33-25-18-23(29)24(30)19-26(25)34(17-6-2-3-12-27(35)32-16-15-31)28(33)14-13-21-10-7-9-20-8-4-5-11-22(20)21;/h4-5,7-11,13-14,18-19H,2-3,6,12,15-17,31H2,1H3;1H. The van der Waals surface area contributed by atoms with E-state index in [0.29, 0.717) is 29.6 Å². The molecule has 8 heteroatoms. The number of benzene rings is 3. The summed E-state index contributed by atoms with van der Waals surface area (Å²) >= 11 is 12.7. The number of carbonyl (C=O) groups excluding carboxylic acids is 1. The van der Waals surface area contributed by atoms with Crippen LogP contribution < -0.4 is 32.6 Å². The van der Waals surface area contributed by atoms with E-state index >= 15 is 0 Å². The first-order valence-electron chi connectivity index (χ1n) is 12.0. The van der Waals surface area contributed by atoms with Crippen molar-refractivity contribution in [2.24, 2.45) is 12.8 Å². The van der Waals surface area contributed by atoms with Crippen molar-refractivity contribution in [1.82, 2.24) is 9.88 Å². The van der Waals surface area contributed by atoms with Crippen LogP contribution in [0.2, 0.25) is 10.0 Å². The van der Waals surface area contributed by atoms with Crippen LogP contribution in [0.3, 0.4) is 0 Å². The van der Waals surface area contributed by atoms with Crippen molar-refractivity contribution in [3.8, 4) is 0 Å². The first-order valence-corrected chi connectivity index (χ1v) is 12.7. The maximum atomic E-state index is 11.8. The van der Waals surface area contributed by atoms with E-state index in [1.54, 1.807) is 0 Å². The van der Waals surface area contributed by atoms with Crippen LogP contribution in [0.4, 0.5) is 0 Å². The Kier molecular flexibility index (Phi) is 10.4. The quantitative estimate of drug-likeness (QED) is 0.221. The van der Waals surface area contributed by atoms with E-state index in [2.05, 4.69) is 69.1 Å². The lowest BCUT2D eigenvalue weighted by Crippen LogP contribution is -3.00. The van der Waals surface area contributed by atoms with Gasteiger partial charge in [-0.15, -0.1) is 0 Å². The summed E-state index contributed by atoms with van der Waals surface area (Å²) in [5.41, 5.74) is 8.68. The summed E-state index contributed by atoms with van der Waals surface area (Å²) in [4.78, 5) is 11.8. The molecule has 4 aromatic rings. The van der Waals surface area contributed by atoms with Crippen molar-refractivity contribution < 1.29 is 26.3 Å². The number of amides is 1. The number of unbranched alkanes of at least 4 members (excludes halogenated alkanes) is 2. The highest BCUT2D eigenvalue weighted by Crippen LogP contribution is 2.29. The van der Waals surface area contributed by atoms with Gasteiger partial charge in [0, 0.05) is 37.7 Å². The van der Waals surface area contributed by atoms with Crippen LogP contribution in [-0.2, 0) is 18.4 Å². The predicted molar refractivity (Wildman–Crippen MR) is 147 cm³/mol. The van der Waals surface area contributed by atoms with Crippen molar-refractivity contribution in [1.29, 1.82) is 0 Å². The Morgan fingerprint density at radius 3 is 2.58 bits per heavy atom. The Morgan fingerprint density at radius 1 is 1.03 bits per heavy atom. The molecule has 4 rings (SSSR count). The van der Waals surface area contributed by atoms with Gasteiger partial charge in [0.1, 0.15) is 0 Å². The Hall–Kier alpha value is -2.38. The molecule has 0 unspecified atom stereocenters. The molecule has 36 heavy (non-hydrogen) atoms. The number of rotatable bonds is 10. The Morgan fingerprint density at radius 2 is 1.78 bits per heavy atom. The van der Waals surface area contributed by atoms with E-state index in [4.69, 9.17) is 28.9 Å². The Labute approximate surface area is 232 Å². The van der Waals surface area contributed by atoms with E-state index in [-0.39, 0.29) is 22.9 Å². The van der Waals surface area contributed by atoms with Gasteiger partial charge in [-0.1, -0.05) is 65.7 Å². The molecule has 5 nitrogen and oxygen atoms in total. The number of hydrogen-bond donors (Lipinski definition) is 2. The van der Waals surface area contributed by atoms with Gasteiger partial charge in [-0.25, -0.2) is 9.13 Å². The summed E-state index contributed by atoms with van der Waals surface area (Å²) in [7, 11) is 2.05. The van der Waals surface area contributed by atoms with Crippen LogP contribution in [0.1, 0.15) is 37.1 Å². The van der Waals surface area contributed by atoms with E-state index < -0.39 is 0 Å². The molecule has 0 aliphatic heterocycles. The number of nitrogens with zero attached hydrogens (tertiary/aromatic N) is 2. The lowest BCUT2D eigenvalue weighted by molar-refractivity contribution is -0.647. The van der Waals surface area contributed by atoms with Crippen LogP contribution in [0.5, 0.6) is 0 Å². The zero-order valence-corrected chi connectivity index (χ0v) is 23.4. The van der Waals surface area contributed by atoms with Crippen molar-refractivity contribution in [2.75, 3.05) is 13.1 Å². The van der Waals surface area contributed by atoms with Crippen LogP contribution >= 0.6 is 23.2 Å². The predicted octanol–water partition coefficient (Wildman–Crippen LogP) is 2.74. The fourth-order valence-corrected chi connectivity index (χ4v) is 4.78. The third kappa shape index (κ3) is 6.48. The number of aryl methyl sites for hydroxylation is 2. The van der Waals surface area contributed by atoms with Crippen LogP contribution in [0.25, 0.3) is 34.0 Å². The molecule has 0 radical (unpaired) electrons. The number of hydrogen-bond acceptors (Lipinski definition) is 2. The summed E-state index contributed by atoms with van der Waals surface area (Å²) < 4.78 is 4.44. The summed E-state index contributed by atoms with van der Waals surface area (Å²) in [6.45, 7) is 1.81. The third-order valence-electron chi connectivity index (χ3n) is 6.28. The van der Waals surface area contributed by atoms with E-state index in [9.17, 15) is 4.79 Å². The van der Waals surface area contributed by atoms with Gasteiger partial charge in [0.05, 0.1) is 23.6 Å². The molecule has 1 heterocycles. The van der Waals surface area contributed by atoms with Crippen molar-refractivity contribution in [2.45, 2.75) is 32.2 Å². The molecule has 0 saturated carbocycles. The molecular formula is C28H31BrCl2N4O. The average Bonchev–Trinajstić information content (AvgIpc) is 3.11. The maximum Gasteiger partial charge on any atom is 0.282 e. The topological polar surface area (TPSA) is 63.9 Å². The minimum Gasteiger partial charge on any atom is -1.00 e. The highest BCUT2D eigenvalue weighted by atomic mass is 79.9.